The molecule has 0 radical (unpaired) electrons. The predicted molar refractivity (Wildman–Crippen MR) is 158 cm³/mol. The van der Waals surface area contributed by atoms with Crippen LogP contribution in [0.3, 0.4) is 0 Å². The molecule has 3 N–H and O–H groups in total. The van der Waals surface area contributed by atoms with Gasteiger partial charge >= 0.3 is 5.69 Å². The summed E-state index contributed by atoms with van der Waals surface area (Å²) in [6, 6.07) is 12.4. The van der Waals surface area contributed by atoms with Crippen LogP contribution >= 0.6 is 17.9 Å². The van der Waals surface area contributed by atoms with Crippen LogP contribution in [0.2, 0.25) is 0 Å². The highest BCUT2D eigenvalue weighted by Crippen LogP contribution is 2.55. The van der Waals surface area contributed by atoms with Crippen LogP contribution in [0.5, 0.6) is 17.2 Å². The summed E-state index contributed by atoms with van der Waals surface area (Å²) in [5.41, 5.74) is 2.97. The third-order valence-electron chi connectivity index (χ3n) is 5.77. The number of aryl methyl sites for hydroxylation is 3. The van der Waals surface area contributed by atoms with Gasteiger partial charge in [-0.2, -0.15) is 0 Å². The maximum absolute atomic E-state index is 9.38. The molecule has 1 heterocycles. The Morgan fingerprint density at radius 2 is 1.32 bits per heavy atom. The average Bonchev–Trinajstić information content (AvgIpc) is 2.80. The first kappa shape index (κ1) is 31.1. The van der Waals surface area contributed by atoms with Crippen LogP contribution in [-0.2, 0) is 25.0 Å². The zero-order chi connectivity index (χ0) is 27.9. The number of aromatic hydroxyl groups is 1. The van der Waals surface area contributed by atoms with Crippen molar-refractivity contribution in [2.24, 2.45) is 0 Å². The van der Waals surface area contributed by atoms with Crippen molar-refractivity contribution >= 4 is 29.7 Å². The lowest BCUT2D eigenvalue weighted by molar-refractivity contribution is 0.254. The first-order valence-electron chi connectivity index (χ1n) is 12.1. The molecular weight excluding hydrogens is 525 g/mol. The first-order chi connectivity index (χ1) is 17.3. The Hall–Kier alpha value is -2.09. The molecule has 0 saturated heterocycles. The Morgan fingerprint density at radius 3 is 1.70 bits per heavy atom. The van der Waals surface area contributed by atoms with Crippen LogP contribution in [0.25, 0.3) is 0 Å². The summed E-state index contributed by atoms with van der Waals surface area (Å²) < 4.78 is 12.2. The van der Waals surface area contributed by atoms with Crippen molar-refractivity contribution in [1.82, 2.24) is 4.98 Å². The molecule has 0 amide bonds. The van der Waals surface area contributed by atoms with Gasteiger partial charge in [-0.1, -0.05) is 64.2 Å². The maximum atomic E-state index is 9.38. The molecule has 3 aromatic rings. The van der Waals surface area contributed by atoms with E-state index in [0.29, 0.717) is 28.7 Å². The quantitative estimate of drug-likeness (QED) is 0.170. The largest absolute Gasteiger partial charge is 0.506 e. The molecular formula is C28H38NO5PS2. The number of aromatic nitrogens is 1. The Balaban J connectivity index is 0.000000335. The lowest BCUT2D eigenvalue weighted by Gasteiger charge is -2.24. The highest BCUT2D eigenvalue weighted by Gasteiger charge is 2.22. The van der Waals surface area contributed by atoms with Crippen LogP contribution in [0.1, 0.15) is 78.6 Å². The van der Waals surface area contributed by atoms with Gasteiger partial charge in [0, 0.05) is 17.3 Å². The molecule has 3 rings (SSSR count). The molecule has 0 fully saturated rings. The average molecular weight is 564 g/mol. The summed E-state index contributed by atoms with van der Waals surface area (Å²) in [6.07, 6.45) is 1.45. The Bertz CT molecular complexity index is 1200. The number of pyridine rings is 1. The molecule has 6 nitrogen and oxygen atoms in total. The predicted octanol–water partition coefficient (Wildman–Crippen LogP) is 7.24. The van der Waals surface area contributed by atoms with Gasteiger partial charge in [0.2, 0.25) is 0 Å². The minimum absolute atomic E-state index is 0.0379. The molecule has 0 saturated carbocycles. The molecule has 0 bridgehead atoms. The minimum atomic E-state index is -2.78. The normalized spacial score (nSPS) is 11.4. The standard InChI is InChI=1S/C20H27O2PS2.C8H11NO3/c1-13(2)17-9-7-15(5)11-19(17)21-23(24,25)22-20-12-16(6)8-10-18(20)14(3)4;1-5-8(12)7(4-11)6(3-10)2-9-5/h7-14H,1-6H3,(H,24,25);2,10-12H,3-4H2,1H3. The highest BCUT2D eigenvalue weighted by molar-refractivity contribution is 8.60. The van der Waals surface area contributed by atoms with E-state index in [9.17, 15) is 5.11 Å². The van der Waals surface area contributed by atoms with E-state index in [-0.39, 0.29) is 19.0 Å². The van der Waals surface area contributed by atoms with E-state index in [1.807, 2.05) is 26.0 Å². The van der Waals surface area contributed by atoms with Crippen LogP contribution in [-0.4, -0.2) is 20.3 Å². The Labute approximate surface area is 231 Å². The van der Waals surface area contributed by atoms with Crippen LogP contribution in [0.15, 0.2) is 42.6 Å². The summed E-state index contributed by atoms with van der Waals surface area (Å²) >= 11 is 10.2. The molecule has 202 valence electrons. The second-order valence-corrected chi connectivity index (χ2v) is 14.7. The molecule has 9 heteroatoms. The van der Waals surface area contributed by atoms with Crippen molar-refractivity contribution in [2.45, 2.75) is 73.5 Å². The fourth-order valence-electron chi connectivity index (χ4n) is 3.66. The summed E-state index contributed by atoms with van der Waals surface area (Å²) in [5.74, 6) is 2.18. The van der Waals surface area contributed by atoms with Gasteiger partial charge in [0.15, 0.2) is 0 Å². The zero-order valence-electron chi connectivity index (χ0n) is 22.5. The molecule has 37 heavy (non-hydrogen) atoms. The third kappa shape index (κ3) is 8.72. The van der Waals surface area contributed by atoms with Crippen molar-refractivity contribution in [2.75, 3.05) is 0 Å². The van der Waals surface area contributed by atoms with Crippen LogP contribution in [0, 0.1) is 20.8 Å². The van der Waals surface area contributed by atoms with E-state index in [1.54, 1.807) is 6.92 Å². The molecule has 0 unspecified atom stereocenters. The van der Waals surface area contributed by atoms with Gasteiger partial charge in [0.25, 0.3) is 0 Å². The first-order valence-corrected chi connectivity index (χ1v) is 15.9. The highest BCUT2D eigenvalue weighted by atomic mass is 32.9. The number of thiol groups is 1. The molecule has 2 aromatic carbocycles. The van der Waals surface area contributed by atoms with E-state index in [4.69, 9.17) is 31.1 Å². The van der Waals surface area contributed by atoms with Crippen LogP contribution < -0.4 is 9.05 Å². The monoisotopic (exact) mass is 563 g/mol. The lowest BCUT2D eigenvalue weighted by Crippen LogP contribution is -2.02. The van der Waals surface area contributed by atoms with E-state index < -0.39 is 5.69 Å². The van der Waals surface area contributed by atoms with E-state index in [0.717, 1.165) is 33.8 Å². The topological polar surface area (TPSA) is 92.0 Å². The smallest absolute Gasteiger partial charge is 0.345 e. The van der Waals surface area contributed by atoms with Crippen molar-refractivity contribution in [3.63, 3.8) is 0 Å². The van der Waals surface area contributed by atoms with E-state index in [2.05, 4.69) is 69.2 Å². The van der Waals surface area contributed by atoms with E-state index >= 15 is 0 Å². The van der Waals surface area contributed by atoms with Gasteiger partial charge in [-0.05, 0) is 78.8 Å². The molecule has 0 atom stereocenters. The molecule has 1 aromatic heterocycles. The number of aliphatic hydroxyl groups excluding tert-OH is 2. The van der Waals surface area contributed by atoms with Crippen molar-refractivity contribution in [1.29, 1.82) is 0 Å². The van der Waals surface area contributed by atoms with Gasteiger partial charge in [-0.15, -0.1) is 0 Å². The fraction of sp³-hybridized carbons (Fsp3) is 0.393. The van der Waals surface area contributed by atoms with Crippen molar-refractivity contribution in [3.05, 3.63) is 81.7 Å². The van der Waals surface area contributed by atoms with Gasteiger partial charge < -0.3 is 24.4 Å². The third-order valence-corrected chi connectivity index (χ3v) is 7.56. The second-order valence-electron chi connectivity index (χ2n) is 9.56. The minimum Gasteiger partial charge on any atom is -0.506 e. The second kappa shape index (κ2) is 13.6. The molecule has 0 aliphatic rings. The van der Waals surface area contributed by atoms with Crippen molar-refractivity contribution in [3.8, 4) is 17.2 Å². The van der Waals surface area contributed by atoms with Crippen LogP contribution in [0.4, 0.5) is 0 Å². The van der Waals surface area contributed by atoms with Gasteiger partial charge in [0.05, 0.1) is 18.9 Å². The molecule has 0 aliphatic carbocycles. The maximum Gasteiger partial charge on any atom is 0.345 e. The van der Waals surface area contributed by atoms with Gasteiger partial charge in [-0.25, -0.2) is 0 Å². The number of rotatable bonds is 8. The van der Waals surface area contributed by atoms with E-state index in [1.165, 1.54) is 6.20 Å². The molecule has 0 spiro atoms. The summed E-state index contributed by atoms with van der Waals surface area (Å²) in [6.45, 7) is 13.7. The fourth-order valence-corrected chi connectivity index (χ4v) is 5.52. The summed E-state index contributed by atoms with van der Waals surface area (Å²) in [4.78, 5) is 3.84. The number of hydrogen-bond acceptors (Lipinski definition) is 7. The Kier molecular flexibility index (Phi) is 11.5. The van der Waals surface area contributed by atoms with Crippen molar-refractivity contribution < 1.29 is 24.4 Å². The number of nitrogens with zero attached hydrogens (tertiary/aromatic N) is 1. The number of aliphatic hydroxyl groups is 2. The SMILES string of the molecule is Cc1ccc(C(C)C)c(OP(=S)(S)Oc2cc(C)ccc2C(C)C)c1.Cc1ncc(CO)c(CO)c1O. The zero-order valence-corrected chi connectivity index (χ0v) is 25.1. The Morgan fingerprint density at radius 1 is 0.865 bits per heavy atom. The number of hydrogen-bond donors (Lipinski definition) is 4. The number of benzene rings is 2. The van der Waals surface area contributed by atoms with Gasteiger partial charge in [-0.3, -0.25) is 4.98 Å². The lowest BCUT2D eigenvalue weighted by atomic mass is 10.0. The molecule has 0 aliphatic heterocycles. The summed E-state index contributed by atoms with van der Waals surface area (Å²) in [7, 11) is 0. The van der Waals surface area contributed by atoms with Gasteiger partial charge in [0.1, 0.15) is 17.2 Å². The summed E-state index contributed by atoms with van der Waals surface area (Å²) in [5, 5.41) is 27.0.